The highest BCUT2D eigenvalue weighted by Gasteiger charge is 2.01. The molecular formula is C16H18N2O. The Morgan fingerprint density at radius 3 is 2.47 bits per heavy atom. The molecule has 2 rings (SSSR count). The van der Waals surface area contributed by atoms with Gasteiger partial charge in [0.1, 0.15) is 0 Å². The van der Waals surface area contributed by atoms with Crippen LogP contribution >= 0.6 is 0 Å². The SMILES string of the molecule is CCc1cccc(NC(=O)NCc2ccccc2)c1. The first-order valence-electron chi connectivity index (χ1n) is 6.45. The number of nitrogens with one attached hydrogen (secondary N) is 2. The second-order valence-electron chi connectivity index (χ2n) is 4.35. The predicted octanol–water partition coefficient (Wildman–Crippen LogP) is 3.57. The summed E-state index contributed by atoms with van der Waals surface area (Å²) in [7, 11) is 0. The number of carbonyl (C=O) groups is 1. The highest BCUT2D eigenvalue weighted by atomic mass is 16.2. The molecule has 0 fully saturated rings. The van der Waals surface area contributed by atoms with Gasteiger partial charge in [0, 0.05) is 12.2 Å². The number of urea groups is 1. The Balaban J connectivity index is 1.87. The molecule has 0 radical (unpaired) electrons. The Morgan fingerprint density at radius 1 is 1.00 bits per heavy atom. The van der Waals surface area contributed by atoms with Crippen molar-refractivity contribution in [3.63, 3.8) is 0 Å². The first-order valence-corrected chi connectivity index (χ1v) is 6.45. The maximum absolute atomic E-state index is 11.8. The lowest BCUT2D eigenvalue weighted by atomic mass is 10.1. The zero-order chi connectivity index (χ0) is 13.5. The number of benzene rings is 2. The van der Waals surface area contributed by atoms with E-state index in [1.165, 1.54) is 5.56 Å². The van der Waals surface area contributed by atoms with E-state index in [-0.39, 0.29) is 6.03 Å². The number of rotatable bonds is 4. The van der Waals surface area contributed by atoms with E-state index in [9.17, 15) is 4.79 Å². The van der Waals surface area contributed by atoms with Crippen molar-refractivity contribution >= 4 is 11.7 Å². The quantitative estimate of drug-likeness (QED) is 0.860. The van der Waals surface area contributed by atoms with E-state index in [2.05, 4.69) is 17.6 Å². The Kier molecular flexibility index (Phi) is 4.56. The van der Waals surface area contributed by atoms with Crippen LogP contribution in [0.25, 0.3) is 0 Å². The molecule has 2 aromatic carbocycles. The van der Waals surface area contributed by atoms with Gasteiger partial charge in [-0.05, 0) is 29.7 Å². The van der Waals surface area contributed by atoms with Gasteiger partial charge < -0.3 is 10.6 Å². The van der Waals surface area contributed by atoms with Gasteiger partial charge in [0.05, 0.1) is 0 Å². The third-order valence-corrected chi connectivity index (χ3v) is 2.89. The number of aryl methyl sites for hydroxylation is 1. The van der Waals surface area contributed by atoms with Crippen LogP contribution in [0.2, 0.25) is 0 Å². The molecule has 0 aromatic heterocycles. The van der Waals surface area contributed by atoms with E-state index >= 15 is 0 Å². The topological polar surface area (TPSA) is 41.1 Å². The molecule has 3 nitrogen and oxygen atoms in total. The maximum Gasteiger partial charge on any atom is 0.319 e. The van der Waals surface area contributed by atoms with Gasteiger partial charge in [0.25, 0.3) is 0 Å². The van der Waals surface area contributed by atoms with E-state index < -0.39 is 0 Å². The third kappa shape index (κ3) is 4.14. The van der Waals surface area contributed by atoms with Crippen LogP contribution in [0.4, 0.5) is 10.5 Å². The van der Waals surface area contributed by atoms with Gasteiger partial charge in [-0.3, -0.25) is 0 Å². The fourth-order valence-electron chi connectivity index (χ4n) is 1.82. The normalized spacial score (nSPS) is 9.95. The molecule has 0 aliphatic rings. The molecule has 19 heavy (non-hydrogen) atoms. The van der Waals surface area contributed by atoms with Crippen molar-refractivity contribution in [2.45, 2.75) is 19.9 Å². The lowest BCUT2D eigenvalue weighted by Crippen LogP contribution is -2.28. The van der Waals surface area contributed by atoms with Crippen molar-refractivity contribution < 1.29 is 4.79 Å². The first-order chi connectivity index (χ1) is 9.28. The standard InChI is InChI=1S/C16H18N2O/c1-2-13-9-6-10-15(11-13)18-16(19)17-12-14-7-4-3-5-8-14/h3-11H,2,12H2,1H3,(H2,17,18,19). The fraction of sp³-hybridized carbons (Fsp3) is 0.188. The van der Waals surface area contributed by atoms with Gasteiger partial charge in [-0.25, -0.2) is 4.79 Å². The molecule has 98 valence electrons. The van der Waals surface area contributed by atoms with Gasteiger partial charge in [0.2, 0.25) is 0 Å². The number of amides is 2. The van der Waals surface area contributed by atoms with Crippen LogP contribution in [0.3, 0.4) is 0 Å². The van der Waals surface area contributed by atoms with Crippen LogP contribution in [-0.2, 0) is 13.0 Å². The van der Waals surface area contributed by atoms with Crippen LogP contribution in [0.5, 0.6) is 0 Å². The summed E-state index contributed by atoms with van der Waals surface area (Å²) in [4.78, 5) is 11.8. The summed E-state index contributed by atoms with van der Waals surface area (Å²) < 4.78 is 0. The van der Waals surface area contributed by atoms with Crippen LogP contribution in [0.1, 0.15) is 18.1 Å². The summed E-state index contributed by atoms with van der Waals surface area (Å²) in [6, 6.07) is 17.5. The Labute approximate surface area is 113 Å². The summed E-state index contributed by atoms with van der Waals surface area (Å²) in [5, 5.41) is 5.67. The van der Waals surface area contributed by atoms with Gasteiger partial charge in [-0.1, -0.05) is 49.4 Å². The minimum atomic E-state index is -0.183. The van der Waals surface area contributed by atoms with E-state index in [1.54, 1.807) is 0 Å². The zero-order valence-electron chi connectivity index (χ0n) is 11.0. The van der Waals surface area contributed by atoms with E-state index in [1.807, 2.05) is 54.6 Å². The van der Waals surface area contributed by atoms with E-state index in [4.69, 9.17) is 0 Å². The van der Waals surface area contributed by atoms with Crippen molar-refractivity contribution in [1.82, 2.24) is 5.32 Å². The average molecular weight is 254 g/mol. The Morgan fingerprint density at radius 2 is 1.74 bits per heavy atom. The summed E-state index contributed by atoms with van der Waals surface area (Å²) in [5.74, 6) is 0. The monoisotopic (exact) mass is 254 g/mol. The number of carbonyl (C=O) groups excluding carboxylic acids is 1. The highest BCUT2D eigenvalue weighted by Crippen LogP contribution is 2.10. The van der Waals surface area contributed by atoms with Crippen molar-refractivity contribution in [2.24, 2.45) is 0 Å². The maximum atomic E-state index is 11.8. The Hall–Kier alpha value is -2.29. The fourth-order valence-corrected chi connectivity index (χ4v) is 1.82. The third-order valence-electron chi connectivity index (χ3n) is 2.89. The molecular weight excluding hydrogens is 236 g/mol. The van der Waals surface area contributed by atoms with Gasteiger partial charge >= 0.3 is 6.03 Å². The number of hydrogen-bond donors (Lipinski definition) is 2. The van der Waals surface area contributed by atoms with Gasteiger partial charge in [-0.15, -0.1) is 0 Å². The van der Waals surface area contributed by atoms with Gasteiger partial charge in [0.15, 0.2) is 0 Å². The largest absolute Gasteiger partial charge is 0.334 e. The lowest BCUT2D eigenvalue weighted by molar-refractivity contribution is 0.251. The molecule has 0 unspecified atom stereocenters. The number of anilines is 1. The smallest absolute Gasteiger partial charge is 0.319 e. The summed E-state index contributed by atoms with van der Waals surface area (Å²) in [6.07, 6.45) is 0.959. The van der Waals surface area contributed by atoms with Crippen molar-refractivity contribution in [1.29, 1.82) is 0 Å². The summed E-state index contributed by atoms with van der Waals surface area (Å²) in [5.41, 5.74) is 3.12. The van der Waals surface area contributed by atoms with E-state index in [0.717, 1.165) is 17.7 Å². The molecule has 2 N–H and O–H groups in total. The van der Waals surface area contributed by atoms with Crippen LogP contribution in [0, 0.1) is 0 Å². The summed E-state index contributed by atoms with van der Waals surface area (Å²) >= 11 is 0. The predicted molar refractivity (Wildman–Crippen MR) is 78.1 cm³/mol. The molecule has 0 aliphatic carbocycles. The van der Waals surface area contributed by atoms with Crippen molar-refractivity contribution in [2.75, 3.05) is 5.32 Å². The minimum absolute atomic E-state index is 0.183. The van der Waals surface area contributed by atoms with Crippen molar-refractivity contribution in [3.05, 3.63) is 65.7 Å². The zero-order valence-corrected chi connectivity index (χ0v) is 11.0. The van der Waals surface area contributed by atoms with Gasteiger partial charge in [-0.2, -0.15) is 0 Å². The minimum Gasteiger partial charge on any atom is -0.334 e. The van der Waals surface area contributed by atoms with E-state index in [0.29, 0.717) is 6.54 Å². The van der Waals surface area contributed by atoms with Crippen molar-refractivity contribution in [3.8, 4) is 0 Å². The average Bonchev–Trinajstić information content (AvgIpc) is 2.46. The molecule has 0 spiro atoms. The summed E-state index contributed by atoms with van der Waals surface area (Å²) in [6.45, 7) is 2.62. The van der Waals surface area contributed by atoms with Crippen LogP contribution < -0.4 is 10.6 Å². The second kappa shape index (κ2) is 6.59. The molecule has 3 heteroatoms. The molecule has 2 amide bonds. The van der Waals surface area contributed by atoms with Crippen LogP contribution in [-0.4, -0.2) is 6.03 Å². The highest BCUT2D eigenvalue weighted by molar-refractivity contribution is 5.89. The first kappa shape index (κ1) is 13.1. The Bertz CT molecular complexity index is 537. The molecule has 0 saturated carbocycles. The molecule has 0 aliphatic heterocycles. The molecule has 0 saturated heterocycles. The molecule has 0 heterocycles. The molecule has 0 atom stereocenters. The second-order valence-corrected chi connectivity index (χ2v) is 4.35. The number of hydrogen-bond acceptors (Lipinski definition) is 1. The lowest BCUT2D eigenvalue weighted by Gasteiger charge is -2.08. The molecule has 2 aromatic rings. The van der Waals surface area contributed by atoms with Crippen LogP contribution in [0.15, 0.2) is 54.6 Å². The molecule has 0 bridgehead atoms.